The van der Waals surface area contributed by atoms with Gasteiger partial charge >= 0.3 is 0 Å². The summed E-state index contributed by atoms with van der Waals surface area (Å²) in [7, 11) is 0. The molecule has 2 atom stereocenters. The molecule has 0 saturated heterocycles. The summed E-state index contributed by atoms with van der Waals surface area (Å²) in [6.07, 6.45) is -0.443. The Bertz CT molecular complexity index is 376. The maximum atomic E-state index is 9.85. The van der Waals surface area contributed by atoms with Crippen molar-refractivity contribution in [1.29, 1.82) is 0 Å². The van der Waals surface area contributed by atoms with Gasteiger partial charge < -0.3 is 15.2 Å². The summed E-state index contributed by atoms with van der Waals surface area (Å²) in [5.41, 5.74) is 1.33. The summed E-state index contributed by atoms with van der Waals surface area (Å²) in [4.78, 5) is 2.69. The Hall–Kier alpha value is -0.420. The molecule has 0 amide bonds. The fourth-order valence-corrected chi connectivity index (χ4v) is 3.02. The topological polar surface area (TPSA) is 41.5 Å². The van der Waals surface area contributed by atoms with E-state index in [9.17, 15) is 5.11 Å². The van der Waals surface area contributed by atoms with Gasteiger partial charge in [-0.2, -0.15) is 0 Å². The van der Waals surface area contributed by atoms with Crippen molar-refractivity contribution in [2.45, 2.75) is 46.8 Å². The lowest BCUT2D eigenvalue weighted by Gasteiger charge is -2.18. The molecule has 0 bridgehead atoms. The van der Waals surface area contributed by atoms with E-state index in [-0.39, 0.29) is 6.04 Å². The van der Waals surface area contributed by atoms with Crippen molar-refractivity contribution in [2.75, 3.05) is 19.8 Å². The Balaban J connectivity index is 2.29. The number of aliphatic hydroxyl groups is 1. The first kappa shape index (κ1) is 16.6. The fraction of sp³-hybridized carbons (Fsp3) is 0.733. The van der Waals surface area contributed by atoms with Crippen LogP contribution in [0.2, 0.25) is 0 Å². The van der Waals surface area contributed by atoms with Crippen LogP contribution in [0.1, 0.15) is 42.1 Å². The van der Waals surface area contributed by atoms with Gasteiger partial charge in [-0.05, 0) is 38.3 Å². The van der Waals surface area contributed by atoms with Crippen molar-refractivity contribution in [3.8, 4) is 0 Å². The standard InChI is InChI=1S/C15H27NO2S/c1-10(2)8-18-9-14(17)7-16-12(4)15-6-11(3)19-13(15)5/h6,10,12,14,16-17H,7-9H2,1-5H3. The smallest absolute Gasteiger partial charge is 0.0897 e. The lowest BCUT2D eigenvalue weighted by molar-refractivity contribution is 0.0252. The van der Waals surface area contributed by atoms with Crippen LogP contribution in [0.25, 0.3) is 0 Å². The van der Waals surface area contributed by atoms with Crippen molar-refractivity contribution >= 4 is 11.3 Å². The van der Waals surface area contributed by atoms with Crippen molar-refractivity contribution in [1.82, 2.24) is 5.32 Å². The van der Waals surface area contributed by atoms with Crippen LogP contribution in [-0.2, 0) is 4.74 Å². The molecule has 0 spiro atoms. The molecule has 0 saturated carbocycles. The molecule has 1 aromatic heterocycles. The van der Waals surface area contributed by atoms with E-state index in [0.717, 1.165) is 0 Å². The molecule has 1 heterocycles. The summed E-state index contributed by atoms with van der Waals surface area (Å²) in [6.45, 7) is 12.3. The second-order valence-electron chi connectivity index (χ2n) is 5.58. The average molecular weight is 285 g/mol. The van der Waals surface area contributed by atoms with Gasteiger partial charge in [-0.25, -0.2) is 0 Å². The molecule has 0 aliphatic heterocycles. The van der Waals surface area contributed by atoms with Crippen LogP contribution in [0.5, 0.6) is 0 Å². The number of rotatable bonds is 8. The van der Waals surface area contributed by atoms with Crippen molar-refractivity contribution in [2.24, 2.45) is 5.92 Å². The molecular weight excluding hydrogens is 258 g/mol. The minimum absolute atomic E-state index is 0.268. The summed E-state index contributed by atoms with van der Waals surface area (Å²) in [5.74, 6) is 0.510. The third kappa shape index (κ3) is 6.04. The summed E-state index contributed by atoms with van der Waals surface area (Å²) >= 11 is 1.82. The van der Waals surface area contributed by atoms with Crippen LogP contribution >= 0.6 is 11.3 Å². The second kappa shape index (κ2) is 8.00. The highest BCUT2D eigenvalue weighted by atomic mass is 32.1. The first-order valence-electron chi connectivity index (χ1n) is 6.96. The maximum absolute atomic E-state index is 9.85. The first-order chi connectivity index (χ1) is 8.90. The zero-order valence-electron chi connectivity index (χ0n) is 12.7. The van der Waals surface area contributed by atoms with Gasteiger partial charge in [0.05, 0.1) is 12.7 Å². The van der Waals surface area contributed by atoms with E-state index in [1.54, 1.807) is 0 Å². The highest BCUT2D eigenvalue weighted by Crippen LogP contribution is 2.25. The number of aryl methyl sites for hydroxylation is 2. The van der Waals surface area contributed by atoms with E-state index in [1.165, 1.54) is 15.3 Å². The third-order valence-corrected chi connectivity index (χ3v) is 3.95. The lowest BCUT2D eigenvalue weighted by atomic mass is 10.1. The van der Waals surface area contributed by atoms with Crippen LogP contribution in [0.15, 0.2) is 6.07 Å². The Labute approximate surface area is 121 Å². The van der Waals surface area contributed by atoms with Gasteiger partial charge in [-0.1, -0.05) is 13.8 Å². The van der Waals surface area contributed by atoms with E-state index >= 15 is 0 Å². The Morgan fingerprint density at radius 2 is 1.95 bits per heavy atom. The molecule has 3 nitrogen and oxygen atoms in total. The molecule has 110 valence electrons. The predicted molar refractivity (Wildman–Crippen MR) is 81.9 cm³/mol. The Kier molecular flexibility index (Phi) is 7.00. The van der Waals surface area contributed by atoms with E-state index in [4.69, 9.17) is 4.74 Å². The van der Waals surface area contributed by atoms with E-state index in [2.05, 4.69) is 46.0 Å². The zero-order chi connectivity index (χ0) is 14.4. The Morgan fingerprint density at radius 1 is 1.26 bits per heavy atom. The molecule has 19 heavy (non-hydrogen) atoms. The Morgan fingerprint density at radius 3 is 2.47 bits per heavy atom. The highest BCUT2D eigenvalue weighted by molar-refractivity contribution is 7.12. The van der Waals surface area contributed by atoms with Crippen LogP contribution in [0.4, 0.5) is 0 Å². The molecule has 2 unspecified atom stereocenters. The fourth-order valence-electron chi connectivity index (χ4n) is 2.00. The highest BCUT2D eigenvalue weighted by Gasteiger charge is 2.12. The molecule has 0 fully saturated rings. The third-order valence-electron chi connectivity index (χ3n) is 2.97. The minimum Gasteiger partial charge on any atom is -0.389 e. The molecule has 1 rings (SSSR count). The van der Waals surface area contributed by atoms with Crippen LogP contribution < -0.4 is 5.32 Å². The quantitative estimate of drug-likeness (QED) is 0.771. The number of nitrogens with one attached hydrogen (secondary N) is 1. The number of thiophene rings is 1. The summed E-state index contributed by atoms with van der Waals surface area (Å²) < 4.78 is 5.43. The molecule has 0 radical (unpaired) electrons. The summed E-state index contributed by atoms with van der Waals surface area (Å²) in [6, 6.07) is 2.49. The number of hydrogen-bond acceptors (Lipinski definition) is 4. The predicted octanol–water partition coefficient (Wildman–Crippen LogP) is 3.05. The van der Waals surface area contributed by atoms with Gasteiger partial charge in [0.2, 0.25) is 0 Å². The van der Waals surface area contributed by atoms with Gasteiger partial charge in [-0.3, -0.25) is 0 Å². The zero-order valence-corrected chi connectivity index (χ0v) is 13.5. The minimum atomic E-state index is -0.443. The molecular formula is C15H27NO2S. The summed E-state index contributed by atoms with van der Waals surface area (Å²) in [5, 5.41) is 13.2. The average Bonchev–Trinajstić information content (AvgIpc) is 2.65. The first-order valence-corrected chi connectivity index (χ1v) is 7.78. The molecule has 1 aromatic rings. The molecule has 0 aliphatic carbocycles. The molecule has 4 heteroatoms. The van der Waals surface area contributed by atoms with E-state index in [0.29, 0.717) is 25.7 Å². The van der Waals surface area contributed by atoms with Crippen LogP contribution in [0, 0.1) is 19.8 Å². The normalized spacial score (nSPS) is 14.9. The van der Waals surface area contributed by atoms with Gasteiger partial charge in [0.1, 0.15) is 0 Å². The van der Waals surface area contributed by atoms with Crippen LogP contribution in [0.3, 0.4) is 0 Å². The number of hydrogen-bond donors (Lipinski definition) is 2. The maximum Gasteiger partial charge on any atom is 0.0897 e. The van der Waals surface area contributed by atoms with Crippen LogP contribution in [-0.4, -0.2) is 31.0 Å². The molecule has 0 aromatic carbocycles. The van der Waals surface area contributed by atoms with Crippen molar-refractivity contribution < 1.29 is 9.84 Å². The van der Waals surface area contributed by atoms with Gasteiger partial charge in [0.15, 0.2) is 0 Å². The van der Waals surface area contributed by atoms with Crippen molar-refractivity contribution in [3.05, 3.63) is 21.4 Å². The molecule has 2 N–H and O–H groups in total. The van der Waals surface area contributed by atoms with Gasteiger partial charge in [0.25, 0.3) is 0 Å². The number of aliphatic hydroxyl groups excluding tert-OH is 1. The van der Waals surface area contributed by atoms with Gasteiger partial charge in [0, 0.05) is 28.9 Å². The van der Waals surface area contributed by atoms with Gasteiger partial charge in [-0.15, -0.1) is 11.3 Å². The van der Waals surface area contributed by atoms with E-state index in [1.807, 2.05) is 11.3 Å². The van der Waals surface area contributed by atoms with Crippen molar-refractivity contribution in [3.63, 3.8) is 0 Å². The second-order valence-corrected chi connectivity index (χ2v) is 7.04. The largest absolute Gasteiger partial charge is 0.389 e. The number of ether oxygens (including phenoxy) is 1. The SMILES string of the molecule is Cc1cc(C(C)NCC(O)COCC(C)C)c(C)s1. The lowest BCUT2D eigenvalue weighted by Crippen LogP contribution is -2.32. The molecule has 0 aliphatic rings. The monoisotopic (exact) mass is 285 g/mol. The van der Waals surface area contributed by atoms with E-state index < -0.39 is 6.10 Å².